The molecule has 2 atom stereocenters. The number of nitrogens with zero attached hydrogens (tertiary/aromatic N) is 2. The Labute approximate surface area is 74.3 Å². The first-order valence-electron chi connectivity index (χ1n) is 4.92. The van der Waals surface area contributed by atoms with Crippen molar-refractivity contribution in [3.05, 3.63) is 0 Å². The zero-order valence-corrected chi connectivity index (χ0v) is 8.05. The molecule has 2 heterocycles. The summed E-state index contributed by atoms with van der Waals surface area (Å²) in [5.41, 5.74) is 0.145. The molecule has 2 unspecified atom stereocenters. The third-order valence-electron chi connectivity index (χ3n) is 3.01. The molecule has 0 bridgehead atoms. The molecule has 0 saturated carbocycles. The van der Waals surface area contributed by atoms with Gasteiger partial charge in [-0.3, -0.25) is 9.80 Å². The molecule has 0 spiro atoms. The number of morpholine rings is 1. The lowest BCUT2D eigenvalue weighted by molar-refractivity contribution is 0.0301. The first-order chi connectivity index (χ1) is 5.80. The van der Waals surface area contributed by atoms with Gasteiger partial charge in [0.05, 0.1) is 6.61 Å². The van der Waals surface area contributed by atoms with Crippen LogP contribution >= 0.6 is 0 Å². The van der Waals surface area contributed by atoms with E-state index in [4.69, 9.17) is 4.74 Å². The maximum atomic E-state index is 5.73. The molecular weight excluding hydrogens is 152 g/mol. The van der Waals surface area contributed by atoms with Crippen molar-refractivity contribution < 1.29 is 4.74 Å². The first kappa shape index (κ1) is 8.48. The zero-order valence-electron chi connectivity index (χ0n) is 8.05. The summed E-state index contributed by atoms with van der Waals surface area (Å²) in [6.45, 7) is 11.0. The third-order valence-corrected chi connectivity index (χ3v) is 3.01. The number of hydrogen-bond donors (Lipinski definition) is 0. The molecule has 0 aromatic carbocycles. The van der Waals surface area contributed by atoms with Crippen molar-refractivity contribution in [3.63, 3.8) is 0 Å². The molecule has 2 aliphatic rings. The van der Waals surface area contributed by atoms with Gasteiger partial charge in [-0.15, -0.1) is 0 Å². The quantitative estimate of drug-likeness (QED) is 0.567. The average Bonchev–Trinajstić information content (AvgIpc) is 2.65. The average molecular weight is 170 g/mol. The number of likely N-dealkylation sites (N-methyl/N-ethyl adjacent to an activating group) is 1. The van der Waals surface area contributed by atoms with Gasteiger partial charge in [-0.1, -0.05) is 13.8 Å². The second kappa shape index (κ2) is 2.98. The second-order valence-electron chi connectivity index (χ2n) is 3.68. The number of fused-ring (bicyclic) bond motifs is 1. The van der Waals surface area contributed by atoms with Gasteiger partial charge < -0.3 is 4.74 Å². The molecule has 2 rings (SSSR count). The summed E-state index contributed by atoms with van der Waals surface area (Å²) in [6, 6.07) is 0. The summed E-state index contributed by atoms with van der Waals surface area (Å²) in [5, 5.41) is 0. The molecule has 0 amide bonds. The molecule has 0 N–H and O–H groups in total. The van der Waals surface area contributed by atoms with Crippen LogP contribution in [0.3, 0.4) is 0 Å². The lowest BCUT2D eigenvalue weighted by Crippen LogP contribution is -2.36. The Bertz CT molecular complexity index is 170. The van der Waals surface area contributed by atoms with Crippen molar-refractivity contribution in [2.75, 3.05) is 39.3 Å². The van der Waals surface area contributed by atoms with Gasteiger partial charge in [0, 0.05) is 19.6 Å². The third kappa shape index (κ3) is 1.26. The van der Waals surface area contributed by atoms with Crippen LogP contribution in [0, 0.1) is 0 Å². The number of rotatable bonds is 4. The van der Waals surface area contributed by atoms with E-state index in [-0.39, 0.29) is 5.72 Å². The molecule has 3 nitrogen and oxygen atoms in total. The van der Waals surface area contributed by atoms with Gasteiger partial charge in [0.25, 0.3) is 0 Å². The van der Waals surface area contributed by atoms with E-state index in [2.05, 4.69) is 23.6 Å². The van der Waals surface area contributed by atoms with E-state index in [9.17, 15) is 0 Å². The summed E-state index contributed by atoms with van der Waals surface area (Å²) < 4.78 is 5.73. The Hall–Kier alpha value is -0.120. The SMILES string of the molecule is CCN(CC)CC12CN1CCO2. The molecule has 2 saturated heterocycles. The Morgan fingerprint density at radius 1 is 1.42 bits per heavy atom. The van der Waals surface area contributed by atoms with Crippen LogP contribution < -0.4 is 0 Å². The zero-order chi connectivity index (χ0) is 8.60. The predicted octanol–water partition coefficient (Wildman–Crippen LogP) is 0.370. The maximum absolute atomic E-state index is 5.73. The lowest BCUT2D eigenvalue weighted by Gasteiger charge is -2.22. The normalized spacial score (nSPS) is 38.8. The largest absolute Gasteiger partial charge is 0.356 e. The Morgan fingerprint density at radius 3 is 2.58 bits per heavy atom. The summed E-state index contributed by atoms with van der Waals surface area (Å²) in [6.07, 6.45) is 0. The van der Waals surface area contributed by atoms with E-state index in [1.807, 2.05) is 0 Å². The summed E-state index contributed by atoms with van der Waals surface area (Å²) >= 11 is 0. The van der Waals surface area contributed by atoms with Gasteiger partial charge in [-0.2, -0.15) is 0 Å². The van der Waals surface area contributed by atoms with Gasteiger partial charge in [-0.05, 0) is 13.1 Å². The van der Waals surface area contributed by atoms with Crippen LogP contribution in [0.15, 0.2) is 0 Å². The predicted molar refractivity (Wildman–Crippen MR) is 48.0 cm³/mol. The van der Waals surface area contributed by atoms with E-state index < -0.39 is 0 Å². The number of hydrogen-bond acceptors (Lipinski definition) is 3. The van der Waals surface area contributed by atoms with Crippen LogP contribution in [-0.2, 0) is 4.74 Å². The van der Waals surface area contributed by atoms with Crippen molar-refractivity contribution in [3.8, 4) is 0 Å². The molecule has 0 aliphatic carbocycles. The highest BCUT2D eigenvalue weighted by Crippen LogP contribution is 2.38. The lowest BCUT2D eigenvalue weighted by atomic mass is 10.3. The molecule has 3 heteroatoms. The smallest absolute Gasteiger partial charge is 0.147 e. The van der Waals surface area contributed by atoms with Crippen molar-refractivity contribution in [2.45, 2.75) is 19.6 Å². The van der Waals surface area contributed by atoms with Crippen molar-refractivity contribution in [1.29, 1.82) is 0 Å². The highest BCUT2D eigenvalue weighted by Gasteiger charge is 2.57. The van der Waals surface area contributed by atoms with E-state index >= 15 is 0 Å². The van der Waals surface area contributed by atoms with Crippen LogP contribution in [0.5, 0.6) is 0 Å². The molecule has 70 valence electrons. The highest BCUT2D eigenvalue weighted by atomic mass is 16.5. The van der Waals surface area contributed by atoms with Gasteiger partial charge in [0.1, 0.15) is 5.72 Å². The highest BCUT2D eigenvalue weighted by molar-refractivity contribution is 5.04. The maximum Gasteiger partial charge on any atom is 0.147 e. The van der Waals surface area contributed by atoms with Crippen LogP contribution in [0.25, 0.3) is 0 Å². The van der Waals surface area contributed by atoms with Crippen LogP contribution in [0.2, 0.25) is 0 Å². The van der Waals surface area contributed by atoms with Crippen LogP contribution in [0.4, 0.5) is 0 Å². The molecule has 0 aromatic rings. The summed E-state index contributed by atoms with van der Waals surface area (Å²) in [4.78, 5) is 4.86. The monoisotopic (exact) mass is 170 g/mol. The Kier molecular flexibility index (Phi) is 2.10. The van der Waals surface area contributed by atoms with E-state index in [1.165, 1.54) is 0 Å². The molecule has 12 heavy (non-hydrogen) atoms. The minimum absolute atomic E-state index is 0.145. The fourth-order valence-corrected chi connectivity index (χ4v) is 2.02. The van der Waals surface area contributed by atoms with Gasteiger partial charge >= 0.3 is 0 Å². The minimum atomic E-state index is 0.145. The fourth-order valence-electron chi connectivity index (χ4n) is 2.02. The van der Waals surface area contributed by atoms with Crippen molar-refractivity contribution in [1.82, 2.24) is 9.80 Å². The van der Waals surface area contributed by atoms with E-state index in [0.717, 1.165) is 39.3 Å². The second-order valence-corrected chi connectivity index (χ2v) is 3.68. The van der Waals surface area contributed by atoms with Crippen molar-refractivity contribution in [2.24, 2.45) is 0 Å². The summed E-state index contributed by atoms with van der Waals surface area (Å²) in [5.74, 6) is 0. The first-order valence-corrected chi connectivity index (χ1v) is 4.92. The van der Waals surface area contributed by atoms with E-state index in [1.54, 1.807) is 0 Å². The molecule has 2 fully saturated rings. The van der Waals surface area contributed by atoms with Crippen molar-refractivity contribution >= 4 is 0 Å². The molecule has 0 aromatic heterocycles. The summed E-state index contributed by atoms with van der Waals surface area (Å²) in [7, 11) is 0. The van der Waals surface area contributed by atoms with Gasteiger partial charge in [0.2, 0.25) is 0 Å². The van der Waals surface area contributed by atoms with Gasteiger partial charge in [-0.25, -0.2) is 0 Å². The molecule has 2 aliphatic heterocycles. The molecule has 0 radical (unpaired) electrons. The Balaban J connectivity index is 1.86. The minimum Gasteiger partial charge on any atom is -0.356 e. The van der Waals surface area contributed by atoms with Gasteiger partial charge in [0.15, 0.2) is 0 Å². The standard InChI is InChI=1S/C9H18N2O/c1-3-10(4-2)7-9-8-11(9)5-6-12-9/h3-8H2,1-2H3. The molecular formula is C9H18N2O. The van der Waals surface area contributed by atoms with Crippen LogP contribution in [0.1, 0.15) is 13.8 Å². The fraction of sp³-hybridized carbons (Fsp3) is 1.00. The topological polar surface area (TPSA) is 15.5 Å². The van der Waals surface area contributed by atoms with Crippen LogP contribution in [-0.4, -0.2) is 54.9 Å². The number of ether oxygens (including phenoxy) is 1. The Morgan fingerprint density at radius 2 is 2.17 bits per heavy atom. The van der Waals surface area contributed by atoms with E-state index in [0.29, 0.717) is 0 Å².